The molecule has 0 aliphatic rings. The van der Waals surface area contributed by atoms with Crippen molar-refractivity contribution >= 4 is 32.5 Å². The van der Waals surface area contributed by atoms with E-state index in [4.69, 9.17) is 10.9 Å². The molecule has 6 N–H and O–H groups in total. The summed E-state index contributed by atoms with van der Waals surface area (Å²) in [6, 6.07) is 6.89. The topological polar surface area (TPSA) is 131 Å². The van der Waals surface area contributed by atoms with Crippen LogP contribution in [-0.4, -0.2) is 31.6 Å². The van der Waals surface area contributed by atoms with E-state index in [9.17, 15) is 13.2 Å². The number of rotatable bonds is 4. The largest absolute Gasteiger partial charge is 0.399 e. The van der Waals surface area contributed by atoms with Crippen LogP contribution in [0, 0.1) is 0 Å². The Morgan fingerprint density at radius 1 is 1.32 bits per heavy atom. The van der Waals surface area contributed by atoms with Gasteiger partial charge in [-0.2, -0.15) is 0 Å². The van der Waals surface area contributed by atoms with Crippen LogP contribution >= 0.6 is 0 Å². The van der Waals surface area contributed by atoms with Crippen molar-refractivity contribution in [1.82, 2.24) is 10.3 Å². The first-order valence-electron chi connectivity index (χ1n) is 5.52. The van der Waals surface area contributed by atoms with E-state index in [0.29, 0.717) is 11.4 Å². The van der Waals surface area contributed by atoms with Crippen molar-refractivity contribution in [3.63, 3.8) is 0 Å². The highest BCUT2D eigenvalue weighted by atomic mass is 32.2. The van der Waals surface area contributed by atoms with Gasteiger partial charge in [0.15, 0.2) is 0 Å². The van der Waals surface area contributed by atoms with Crippen LogP contribution in [0.4, 0.5) is 5.69 Å². The minimum Gasteiger partial charge on any atom is -0.399 e. The second-order valence-electron chi connectivity index (χ2n) is 4.15. The molecular formula is C11H14N4O3S. The Hall–Kier alpha value is -2.06. The number of hydrogen-bond donors (Lipinski definition) is 4. The van der Waals surface area contributed by atoms with Gasteiger partial charge in [0, 0.05) is 23.1 Å². The Morgan fingerprint density at radius 3 is 2.74 bits per heavy atom. The molecule has 1 aromatic carbocycles. The van der Waals surface area contributed by atoms with Crippen LogP contribution in [0.2, 0.25) is 0 Å². The molecule has 0 aliphatic heterocycles. The molecule has 1 heterocycles. The summed E-state index contributed by atoms with van der Waals surface area (Å²) >= 11 is 0. The molecule has 1 amide bonds. The zero-order valence-corrected chi connectivity index (χ0v) is 10.8. The number of carbonyl (C=O) groups is 1. The molecular weight excluding hydrogens is 268 g/mol. The van der Waals surface area contributed by atoms with Crippen LogP contribution in [0.3, 0.4) is 0 Å². The number of nitrogen functional groups attached to an aromatic ring is 1. The first-order chi connectivity index (χ1) is 8.85. The van der Waals surface area contributed by atoms with E-state index < -0.39 is 15.9 Å². The minimum absolute atomic E-state index is 0.0326. The number of fused-ring (bicyclic) bond motifs is 1. The molecule has 0 unspecified atom stereocenters. The molecule has 102 valence electrons. The van der Waals surface area contributed by atoms with Gasteiger partial charge in [-0.3, -0.25) is 4.79 Å². The van der Waals surface area contributed by atoms with Crippen LogP contribution in [0.25, 0.3) is 10.9 Å². The van der Waals surface area contributed by atoms with Crippen molar-refractivity contribution in [2.24, 2.45) is 5.14 Å². The molecule has 0 fully saturated rings. The molecule has 0 aliphatic carbocycles. The fraction of sp³-hybridized carbons (Fsp3) is 0.182. The summed E-state index contributed by atoms with van der Waals surface area (Å²) < 4.78 is 21.5. The zero-order valence-electron chi connectivity index (χ0n) is 10.0. The molecule has 0 saturated carbocycles. The zero-order chi connectivity index (χ0) is 14.0. The van der Waals surface area contributed by atoms with Gasteiger partial charge >= 0.3 is 0 Å². The Labute approximate surface area is 110 Å². The third kappa shape index (κ3) is 3.46. The van der Waals surface area contributed by atoms with Gasteiger partial charge in [-0.15, -0.1) is 0 Å². The average Bonchev–Trinajstić information content (AvgIpc) is 2.70. The number of aromatic nitrogens is 1. The molecule has 2 rings (SSSR count). The smallest absolute Gasteiger partial charge is 0.267 e. The maximum Gasteiger partial charge on any atom is 0.267 e. The predicted molar refractivity (Wildman–Crippen MR) is 73.0 cm³/mol. The monoisotopic (exact) mass is 282 g/mol. The van der Waals surface area contributed by atoms with Gasteiger partial charge in [0.25, 0.3) is 5.91 Å². The molecule has 7 nitrogen and oxygen atoms in total. The number of nitrogens with two attached hydrogens (primary N) is 2. The SMILES string of the molecule is Nc1ccc2[nH]c(C(=O)NCCS(N)(=O)=O)cc2c1. The van der Waals surface area contributed by atoms with Crippen LogP contribution < -0.4 is 16.2 Å². The number of aromatic amines is 1. The summed E-state index contributed by atoms with van der Waals surface area (Å²) in [6.45, 7) is -0.0326. The number of amides is 1. The van der Waals surface area contributed by atoms with E-state index in [0.717, 1.165) is 10.9 Å². The van der Waals surface area contributed by atoms with Gasteiger partial charge < -0.3 is 16.0 Å². The number of carbonyl (C=O) groups excluding carboxylic acids is 1. The van der Waals surface area contributed by atoms with E-state index in [1.165, 1.54) is 0 Å². The van der Waals surface area contributed by atoms with Crippen LogP contribution in [0.5, 0.6) is 0 Å². The first-order valence-corrected chi connectivity index (χ1v) is 7.23. The van der Waals surface area contributed by atoms with Crippen LogP contribution in [-0.2, 0) is 10.0 Å². The molecule has 1 aromatic heterocycles. The summed E-state index contributed by atoms with van der Waals surface area (Å²) in [5, 5.41) is 8.12. The van der Waals surface area contributed by atoms with Crippen LogP contribution in [0.15, 0.2) is 24.3 Å². The minimum atomic E-state index is -3.57. The highest BCUT2D eigenvalue weighted by Gasteiger charge is 2.10. The van der Waals surface area contributed by atoms with Crippen molar-refractivity contribution in [3.8, 4) is 0 Å². The maximum atomic E-state index is 11.8. The van der Waals surface area contributed by atoms with E-state index >= 15 is 0 Å². The lowest BCUT2D eigenvalue weighted by Gasteiger charge is -2.01. The number of primary sulfonamides is 1. The Balaban J connectivity index is 2.09. The standard InChI is InChI=1S/C11H14N4O3S/c12-8-1-2-9-7(5-8)6-10(15-9)11(16)14-3-4-19(13,17)18/h1-2,5-6,15H,3-4,12H2,(H,14,16)(H2,13,17,18). The predicted octanol–water partition coefficient (Wildman–Crippen LogP) is -0.232. The van der Waals surface area contributed by atoms with Gasteiger partial charge in [-0.05, 0) is 24.3 Å². The first kappa shape index (κ1) is 13.4. The lowest BCUT2D eigenvalue weighted by Crippen LogP contribution is -2.31. The van der Waals surface area contributed by atoms with Gasteiger partial charge in [0.2, 0.25) is 10.0 Å². The number of benzene rings is 1. The Bertz CT molecular complexity index is 721. The normalized spacial score (nSPS) is 11.6. The van der Waals surface area contributed by atoms with E-state index in [1.54, 1.807) is 24.3 Å². The molecule has 0 saturated heterocycles. The van der Waals surface area contributed by atoms with E-state index in [-0.39, 0.29) is 12.3 Å². The average molecular weight is 282 g/mol. The van der Waals surface area contributed by atoms with Gasteiger partial charge in [0.1, 0.15) is 5.69 Å². The fourth-order valence-electron chi connectivity index (χ4n) is 1.68. The lowest BCUT2D eigenvalue weighted by atomic mass is 10.2. The summed E-state index contributed by atoms with van der Waals surface area (Å²) in [5.41, 5.74) is 7.37. The van der Waals surface area contributed by atoms with Crippen LogP contribution in [0.1, 0.15) is 10.5 Å². The molecule has 19 heavy (non-hydrogen) atoms. The molecule has 0 bridgehead atoms. The summed E-state index contributed by atoms with van der Waals surface area (Å²) in [4.78, 5) is 14.7. The summed E-state index contributed by atoms with van der Waals surface area (Å²) in [7, 11) is -3.57. The molecule has 8 heteroatoms. The quantitative estimate of drug-likeness (QED) is 0.577. The van der Waals surface area contributed by atoms with Crippen molar-refractivity contribution in [2.75, 3.05) is 18.0 Å². The second kappa shape index (κ2) is 4.90. The highest BCUT2D eigenvalue weighted by molar-refractivity contribution is 7.89. The number of anilines is 1. The Morgan fingerprint density at radius 2 is 2.05 bits per heavy atom. The lowest BCUT2D eigenvalue weighted by molar-refractivity contribution is 0.0952. The number of hydrogen-bond acceptors (Lipinski definition) is 4. The number of nitrogens with one attached hydrogen (secondary N) is 2. The maximum absolute atomic E-state index is 11.8. The molecule has 0 spiro atoms. The molecule has 0 atom stereocenters. The summed E-state index contributed by atoms with van der Waals surface area (Å²) in [5.74, 6) is -0.690. The molecule has 0 radical (unpaired) electrons. The van der Waals surface area contributed by atoms with E-state index in [2.05, 4.69) is 10.3 Å². The van der Waals surface area contributed by atoms with Crippen molar-refractivity contribution < 1.29 is 13.2 Å². The van der Waals surface area contributed by atoms with Gasteiger partial charge in [-0.1, -0.05) is 0 Å². The second-order valence-corrected chi connectivity index (χ2v) is 5.89. The van der Waals surface area contributed by atoms with Crippen molar-refractivity contribution in [1.29, 1.82) is 0 Å². The van der Waals surface area contributed by atoms with Crippen molar-refractivity contribution in [3.05, 3.63) is 30.0 Å². The fourth-order valence-corrected chi connectivity index (χ4v) is 2.06. The number of sulfonamides is 1. The highest BCUT2D eigenvalue weighted by Crippen LogP contribution is 2.18. The van der Waals surface area contributed by atoms with E-state index in [1.807, 2.05) is 0 Å². The number of H-pyrrole nitrogens is 1. The van der Waals surface area contributed by atoms with Gasteiger partial charge in [0.05, 0.1) is 5.75 Å². The Kier molecular flexibility index (Phi) is 3.45. The van der Waals surface area contributed by atoms with Gasteiger partial charge in [-0.25, -0.2) is 13.6 Å². The molecule has 2 aromatic rings. The van der Waals surface area contributed by atoms with Crippen molar-refractivity contribution in [2.45, 2.75) is 0 Å². The summed E-state index contributed by atoms with van der Waals surface area (Å²) in [6.07, 6.45) is 0. The third-order valence-corrected chi connectivity index (χ3v) is 3.33. The third-order valence-electron chi connectivity index (χ3n) is 2.56.